The maximum atomic E-state index is 13.0. The van der Waals surface area contributed by atoms with Gasteiger partial charge in [0.05, 0.1) is 11.9 Å². The first-order valence-electron chi connectivity index (χ1n) is 8.36. The van der Waals surface area contributed by atoms with Crippen LogP contribution in [-0.2, 0) is 17.5 Å². The van der Waals surface area contributed by atoms with Crippen molar-refractivity contribution in [1.82, 2.24) is 9.55 Å². The molecule has 0 atom stereocenters. The van der Waals surface area contributed by atoms with Crippen molar-refractivity contribution in [2.75, 3.05) is 5.32 Å². The summed E-state index contributed by atoms with van der Waals surface area (Å²) >= 11 is 0. The van der Waals surface area contributed by atoms with E-state index in [1.54, 1.807) is 6.07 Å². The number of anilines is 1. The SMILES string of the molecule is O=C(/C=C/c1ccc(F)c(O)c1)Nc1cn(Cc2cccc(C(F)(F)F)c2)cn1. The molecule has 0 radical (unpaired) electrons. The maximum Gasteiger partial charge on any atom is 0.416 e. The zero-order valence-electron chi connectivity index (χ0n) is 14.8. The van der Waals surface area contributed by atoms with E-state index in [9.17, 15) is 27.5 Å². The van der Waals surface area contributed by atoms with Crippen molar-refractivity contribution in [3.63, 3.8) is 0 Å². The first-order valence-corrected chi connectivity index (χ1v) is 8.36. The number of phenols is 1. The Kier molecular flexibility index (Phi) is 5.67. The number of nitrogens with one attached hydrogen (secondary N) is 1. The Morgan fingerprint density at radius 3 is 2.72 bits per heavy atom. The van der Waals surface area contributed by atoms with Crippen LogP contribution in [0.4, 0.5) is 23.4 Å². The Morgan fingerprint density at radius 1 is 1.21 bits per heavy atom. The molecule has 0 saturated heterocycles. The van der Waals surface area contributed by atoms with Crippen LogP contribution in [0.5, 0.6) is 5.75 Å². The molecule has 0 unspecified atom stereocenters. The van der Waals surface area contributed by atoms with Crippen LogP contribution in [0.15, 0.2) is 61.1 Å². The molecule has 0 fully saturated rings. The lowest BCUT2D eigenvalue weighted by molar-refractivity contribution is -0.137. The first kappa shape index (κ1) is 20.1. The van der Waals surface area contributed by atoms with Crippen molar-refractivity contribution in [3.8, 4) is 5.75 Å². The third kappa shape index (κ3) is 5.44. The molecular weight excluding hydrogens is 390 g/mol. The molecule has 150 valence electrons. The van der Waals surface area contributed by atoms with E-state index in [1.807, 2.05) is 0 Å². The maximum absolute atomic E-state index is 13.0. The van der Waals surface area contributed by atoms with Crippen LogP contribution in [0.3, 0.4) is 0 Å². The summed E-state index contributed by atoms with van der Waals surface area (Å²) < 4.78 is 52.9. The number of phenolic OH excluding ortho intramolecular Hbond substituents is 1. The highest BCUT2D eigenvalue weighted by atomic mass is 19.4. The number of aromatic hydroxyl groups is 1. The lowest BCUT2D eigenvalue weighted by atomic mass is 10.1. The number of nitrogens with zero attached hydrogens (tertiary/aromatic N) is 2. The van der Waals surface area contributed by atoms with Gasteiger partial charge in [0.25, 0.3) is 0 Å². The van der Waals surface area contributed by atoms with Crippen molar-refractivity contribution < 1.29 is 27.5 Å². The molecule has 1 amide bonds. The van der Waals surface area contributed by atoms with E-state index in [4.69, 9.17) is 0 Å². The Balaban J connectivity index is 1.62. The van der Waals surface area contributed by atoms with Crippen molar-refractivity contribution in [1.29, 1.82) is 0 Å². The average Bonchev–Trinajstić information content (AvgIpc) is 3.09. The number of amides is 1. The van der Waals surface area contributed by atoms with Gasteiger partial charge in [-0.25, -0.2) is 9.37 Å². The van der Waals surface area contributed by atoms with Gasteiger partial charge in [-0.05, 0) is 41.5 Å². The highest BCUT2D eigenvalue weighted by molar-refractivity contribution is 6.01. The summed E-state index contributed by atoms with van der Waals surface area (Å²) in [6, 6.07) is 8.58. The minimum atomic E-state index is -4.42. The van der Waals surface area contributed by atoms with E-state index >= 15 is 0 Å². The molecule has 1 heterocycles. The van der Waals surface area contributed by atoms with Crippen molar-refractivity contribution in [3.05, 3.63) is 83.6 Å². The number of benzene rings is 2. The van der Waals surface area contributed by atoms with Crippen molar-refractivity contribution >= 4 is 17.8 Å². The molecule has 5 nitrogen and oxygen atoms in total. The van der Waals surface area contributed by atoms with Gasteiger partial charge in [-0.1, -0.05) is 18.2 Å². The predicted molar refractivity (Wildman–Crippen MR) is 98.5 cm³/mol. The lowest BCUT2D eigenvalue weighted by Gasteiger charge is -2.09. The number of halogens is 4. The van der Waals surface area contributed by atoms with E-state index < -0.39 is 29.2 Å². The molecule has 0 aliphatic carbocycles. The summed E-state index contributed by atoms with van der Waals surface area (Å²) in [5.74, 6) is -1.59. The molecular formula is C20H15F4N3O2. The van der Waals surface area contributed by atoms with Crippen molar-refractivity contribution in [2.45, 2.75) is 12.7 Å². The zero-order valence-corrected chi connectivity index (χ0v) is 14.8. The quantitative estimate of drug-likeness (QED) is 0.487. The topological polar surface area (TPSA) is 67.2 Å². The molecule has 3 rings (SSSR count). The number of carbonyl (C=O) groups is 1. The minimum absolute atomic E-state index is 0.150. The highest BCUT2D eigenvalue weighted by Crippen LogP contribution is 2.29. The van der Waals surface area contributed by atoms with Crippen molar-refractivity contribution in [2.24, 2.45) is 0 Å². The smallest absolute Gasteiger partial charge is 0.416 e. The van der Waals surface area contributed by atoms with Crippen LogP contribution in [0.2, 0.25) is 0 Å². The largest absolute Gasteiger partial charge is 0.505 e. The van der Waals surface area contributed by atoms with Gasteiger partial charge in [-0.2, -0.15) is 13.2 Å². The monoisotopic (exact) mass is 405 g/mol. The van der Waals surface area contributed by atoms with Gasteiger partial charge in [-0.15, -0.1) is 0 Å². The van der Waals surface area contributed by atoms with E-state index in [1.165, 1.54) is 47.4 Å². The molecule has 1 aromatic heterocycles. The predicted octanol–water partition coefficient (Wildman–Crippen LogP) is 4.45. The fourth-order valence-electron chi connectivity index (χ4n) is 2.54. The van der Waals surface area contributed by atoms with Gasteiger partial charge in [0.15, 0.2) is 17.4 Å². The minimum Gasteiger partial charge on any atom is -0.505 e. The van der Waals surface area contributed by atoms with E-state index in [0.717, 1.165) is 18.2 Å². The summed E-state index contributed by atoms with van der Waals surface area (Å²) in [4.78, 5) is 15.9. The third-order valence-corrected chi connectivity index (χ3v) is 3.90. The highest BCUT2D eigenvalue weighted by Gasteiger charge is 2.30. The summed E-state index contributed by atoms with van der Waals surface area (Å²) in [5.41, 5.74) is 0.126. The summed E-state index contributed by atoms with van der Waals surface area (Å²) in [5, 5.41) is 11.8. The molecule has 2 N–H and O–H groups in total. The number of imidazole rings is 1. The molecule has 2 aromatic carbocycles. The molecule has 0 aliphatic heterocycles. The summed E-state index contributed by atoms with van der Waals surface area (Å²) in [6.07, 6.45) is 1.01. The Labute approximate surface area is 162 Å². The second kappa shape index (κ2) is 8.17. The number of rotatable bonds is 5. The number of carbonyl (C=O) groups excluding carboxylic acids is 1. The van der Waals surface area contributed by atoms with Crippen LogP contribution in [0, 0.1) is 5.82 Å². The summed E-state index contributed by atoms with van der Waals surface area (Å²) in [7, 11) is 0. The van der Waals surface area contributed by atoms with E-state index in [2.05, 4.69) is 10.3 Å². The molecule has 0 bridgehead atoms. The van der Waals surface area contributed by atoms with Gasteiger partial charge >= 0.3 is 6.18 Å². The third-order valence-electron chi connectivity index (χ3n) is 3.90. The average molecular weight is 405 g/mol. The van der Waals surface area contributed by atoms with Gasteiger partial charge in [0, 0.05) is 18.8 Å². The van der Waals surface area contributed by atoms with Crippen LogP contribution >= 0.6 is 0 Å². The number of hydrogen-bond acceptors (Lipinski definition) is 3. The Morgan fingerprint density at radius 2 is 2.00 bits per heavy atom. The molecule has 29 heavy (non-hydrogen) atoms. The van der Waals surface area contributed by atoms with E-state index in [-0.39, 0.29) is 12.4 Å². The zero-order chi connectivity index (χ0) is 21.0. The molecule has 0 aliphatic rings. The second-order valence-corrected chi connectivity index (χ2v) is 6.16. The van der Waals surface area contributed by atoms with Crippen LogP contribution < -0.4 is 5.32 Å². The van der Waals surface area contributed by atoms with Crippen LogP contribution in [-0.4, -0.2) is 20.6 Å². The van der Waals surface area contributed by atoms with Gasteiger partial charge in [0.1, 0.15) is 0 Å². The second-order valence-electron chi connectivity index (χ2n) is 6.16. The molecule has 9 heteroatoms. The molecule has 0 saturated carbocycles. The molecule has 0 spiro atoms. The summed E-state index contributed by atoms with van der Waals surface area (Å²) in [6.45, 7) is 0.150. The lowest BCUT2D eigenvalue weighted by Crippen LogP contribution is -2.08. The molecule has 3 aromatic rings. The standard InChI is InChI=1S/C20H15F4N3O2/c21-16-6-4-13(9-17(16)28)5-7-19(29)26-18-11-27(12-25-18)10-14-2-1-3-15(8-14)20(22,23)24/h1-9,11-12,28H,10H2,(H,26,29)/b7-5+. The fourth-order valence-corrected chi connectivity index (χ4v) is 2.54. The Bertz CT molecular complexity index is 1060. The number of hydrogen-bond donors (Lipinski definition) is 2. The normalized spacial score (nSPS) is 11.7. The first-order chi connectivity index (χ1) is 13.7. The number of alkyl halides is 3. The van der Waals surface area contributed by atoms with Crippen LogP contribution in [0.1, 0.15) is 16.7 Å². The van der Waals surface area contributed by atoms with E-state index in [0.29, 0.717) is 11.1 Å². The van der Waals surface area contributed by atoms with Gasteiger partial charge in [-0.3, -0.25) is 4.79 Å². The van der Waals surface area contributed by atoms with Gasteiger partial charge < -0.3 is 15.0 Å². The Hall–Kier alpha value is -3.62. The van der Waals surface area contributed by atoms with Crippen LogP contribution in [0.25, 0.3) is 6.08 Å². The van der Waals surface area contributed by atoms with Gasteiger partial charge in [0.2, 0.25) is 5.91 Å². The fraction of sp³-hybridized carbons (Fsp3) is 0.100. The number of aromatic nitrogens is 2.